The van der Waals surface area contributed by atoms with Crippen LogP contribution in [0.3, 0.4) is 0 Å². The number of hydrogen-bond acceptors (Lipinski definition) is 6. The van der Waals surface area contributed by atoms with Crippen LogP contribution in [0.15, 0.2) is 47.4 Å². The van der Waals surface area contributed by atoms with E-state index in [0.717, 1.165) is 11.8 Å². The van der Waals surface area contributed by atoms with Gasteiger partial charge in [-0.25, -0.2) is 0 Å². The predicted molar refractivity (Wildman–Crippen MR) is 101 cm³/mol. The van der Waals surface area contributed by atoms with E-state index >= 15 is 0 Å². The Morgan fingerprint density at radius 3 is 2.80 bits per heavy atom. The van der Waals surface area contributed by atoms with Gasteiger partial charge in [0, 0.05) is 0 Å². The van der Waals surface area contributed by atoms with Crippen LogP contribution in [0, 0.1) is 11.3 Å². The summed E-state index contributed by atoms with van der Waals surface area (Å²) < 4.78 is 5.44. The Bertz CT molecular complexity index is 948. The highest BCUT2D eigenvalue weighted by Gasteiger charge is 2.34. The number of carbonyl (C=O) groups is 1. The molecule has 0 aliphatic carbocycles. The highest BCUT2D eigenvalue weighted by atomic mass is 32.2. The topological polar surface area (TPSA) is 73.6 Å². The minimum atomic E-state index is -0.287. The zero-order valence-electron chi connectivity index (χ0n) is 13.1. The van der Waals surface area contributed by atoms with Crippen molar-refractivity contribution in [1.82, 2.24) is 0 Å². The lowest BCUT2D eigenvalue weighted by Gasteiger charge is -2.15. The van der Waals surface area contributed by atoms with E-state index in [1.54, 1.807) is 42.5 Å². The molecule has 1 saturated heterocycles. The average Bonchev–Trinajstić information content (AvgIpc) is 2.90. The number of rotatable bonds is 3. The summed E-state index contributed by atoms with van der Waals surface area (Å²) in [5, 5.41) is 18.9. The Hall–Kier alpha value is -2.82. The first kappa shape index (κ1) is 17.0. The number of amides is 1. The minimum Gasteiger partial charge on any atom is -0.504 e. The van der Waals surface area contributed by atoms with Crippen molar-refractivity contribution >= 4 is 46.0 Å². The second-order valence-electron chi connectivity index (χ2n) is 5.08. The van der Waals surface area contributed by atoms with Gasteiger partial charge in [0.15, 0.2) is 15.8 Å². The third-order valence-corrected chi connectivity index (χ3v) is 4.86. The van der Waals surface area contributed by atoms with Crippen molar-refractivity contribution in [3.63, 3.8) is 0 Å². The first-order valence-corrected chi connectivity index (χ1v) is 8.41. The molecule has 2 aromatic carbocycles. The van der Waals surface area contributed by atoms with E-state index in [9.17, 15) is 15.2 Å². The van der Waals surface area contributed by atoms with Gasteiger partial charge in [-0.3, -0.25) is 9.69 Å². The summed E-state index contributed by atoms with van der Waals surface area (Å²) in [4.78, 5) is 14.6. The van der Waals surface area contributed by atoms with Crippen molar-refractivity contribution in [3.8, 4) is 17.6 Å². The molecule has 124 valence electrons. The van der Waals surface area contributed by atoms with Gasteiger partial charge >= 0.3 is 0 Å². The van der Waals surface area contributed by atoms with Crippen LogP contribution in [0.5, 0.6) is 11.5 Å². The number of thioether (sulfide) groups is 1. The number of phenolic OH excluding ortho intramolecular Hbond substituents is 1. The van der Waals surface area contributed by atoms with Crippen LogP contribution < -0.4 is 9.64 Å². The van der Waals surface area contributed by atoms with E-state index in [4.69, 9.17) is 17.0 Å². The molecule has 5 nitrogen and oxygen atoms in total. The number of carbonyl (C=O) groups excluding carboxylic acids is 1. The standard InChI is InChI=1S/C18H12N2O3S2/c1-23-15-8-11(6-7-14(15)21)9-16-17(22)20(18(24)25-16)13-5-3-2-4-12(13)10-19/h2-9,21H,1H3/b16-9-. The maximum Gasteiger partial charge on any atom is 0.270 e. The molecule has 0 bridgehead atoms. The summed E-state index contributed by atoms with van der Waals surface area (Å²) in [6, 6.07) is 13.7. The zero-order valence-corrected chi connectivity index (χ0v) is 14.7. The summed E-state index contributed by atoms with van der Waals surface area (Å²) in [5.41, 5.74) is 1.55. The van der Waals surface area contributed by atoms with E-state index in [2.05, 4.69) is 6.07 Å². The molecule has 1 aliphatic heterocycles. The molecule has 0 radical (unpaired) electrons. The van der Waals surface area contributed by atoms with Gasteiger partial charge in [0.05, 0.1) is 23.3 Å². The Kier molecular flexibility index (Phi) is 4.74. The predicted octanol–water partition coefficient (Wildman–Crippen LogP) is 3.68. The Balaban J connectivity index is 1.98. The molecular formula is C18H12N2O3S2. The van der Waals surface area contributed by atoms with E-state index in [-0.39, 0.29) is 11.7 Å². The number of para-hydroxylation sites is 1. The lowest BCUT2D eigenvalue weighted by molar-refractivity contribution is -0.113. The molecule has 0 unspecified atom stereocenters. The molecule has 3 rings (SSSR count). The van der Waals surface area contributed by atoms with Gasteiger partial charge in [0.25, 0.3) is 5.91 Å². The Morgan fingerprint density at radius 2 is 2.08 bits per heavy atom. The molecule has 1 heterocycles. The first-order valence-electron chi connectivity index (χ1n) is 7.19. The number of phenols is 1. The van der Waals surface area contributed by atoms with Gasteiger partial charge in [-0.05, 0) is 35.9 Å². The molecule has 1 amide bonds. The smallest absolute Gasteiger partial charge is 0.270 e. The SMILES string of the molecule is COc1cc(/C=C2\SC(=S)N(c3ccccc3C#N)C2=O)ccc1O. The maximum atomic E-state index is 12.8. The zero-order chi connectivity index (χ0) is 18.0. The van der Waals surface area contributed by atoms with Crippen LogP contribution >= 0.6 is 24.0 Å². The van der Waals surface area contributed by atoms with E-state index in [1.165, 1.54) is 18.1 Å². The van der Waals surface area contributed by atoms with Crippen LogP contribution in [0.2, 0.25) is 0 Å². The Morgan fingerprint density at radius 1 is 1.32 bits per heavy atom. The number of thiocarbonyl (C=S) groups is 1. The molecular weight excluding hydrogens is 356 g/mol. The van der Waals surface area contributed by atoms with Crippen molar-refractivity contribution in [2.24, 2.45) is 0 Å². The molecule has 25 heavy (non-hydrogen) atoms. The minimum absolute atomic E-state index is 0.0233. The largest absolute Gasteiger partial charge is 0.504 e. The van der Waals surface area contributed by atoms with Crippen LogP contribution in [-0.4, -0.2) is 22.4 Å². The normalized spacial score (nSPS) is 15.5. The van der Waals surface area contributed by atoms with Gasteiger partial charge in [0.2, 0.25) is 0 Å². The van der Waals surface area contributed by atoms with Crippen LogP contribution in [0.1, 0.15) is 11.1 Å². The van der Waals surface area contributed by atoms with E-state index in [0.29, 0.717) is 31.8 Å². The molecule has 7 heteroatoms. The van der Waals surface area contributed by atoms with Gasteiger partial charge in [0.1, 0.15) is 6.07 Å². The van der Waals surface area contributed by atoms with Gasteiger partial charge in [-0.1, -0.05) is 42.2 Å². The van der Waals surface area contributed by atoms with E-state index < -0.39 is 0 Å². The van der Waals surface area contributed by atoms with Crippen LogP contribution in [0.4, 0.5) is 5.69 Å². The van der Waals surface area contributed by atoms with Crippen LogP contribution in [0.25, 0.3) is 6.08 Å². The van der Waals surface area contributed by atoms with E-state index in [1.807, 2.05) is 0 Å². The number of benzene rings is 2. The fourth-order valence-electron chi connectivity index (χ4n) is 2.37. The number of methoxy groups -OCH3 is 1. The molecule has 0 aromatic heterocycles. The molecule has 1 fully saturated rings. The lowest BCUT2D eigenvalue weighted by Crippen LogP contribution is -2.28. The molecule has 0 atom stereocenters. The summed E-state index contributed by atoms with van der Waals surface area (Å²) in [6.07, 6.45) is 1.68. The third-order valence-electron chi connectivity index (χ3n) is 3.56. The Labute approximate surface area is 154 Å². The molecule has 0 saturated carbocycles. The van der Waals surface area contributed by atoms with Gasteiger partial charge in [-0.15, -0.1) is 0 Å². The summed E-state index contributed by atoms with van der Waals surface area (Å²) in [5.74, 6) is 0.0546. The highest BCUT2D eigenvalue weighted by molar-refractivity contribution is 8.27. The second-order valence-corrected chi connectivity index (χ2v) is 6.75. The lowest BCUT2D eigenvalue weighted by atomic mass is 10.1. The third kappa shape index (κ3) is 3.22. The van der Waals surface area contributed by atoms with Gasteiger partial charge in [-0.2, -0.15) is 5.26 Å². The summed E-state index contributed by atoms with van der Waals surface area (Å²) >= 11 is 6.49. The first-order chi connectivity index (χ1) is 12.0. The fourth-order valence-corrected chi connectivity index (χ4v) is 3.66. The molecule has 1 aliphatic rings. The number of anilines is 1. The van der Waals surface area contributed by atoms with Crippen molar-refractivity contribution in [2.75, 3.05) is 12.0 Å². The number of ether oxygens (including phenoxy) is 1. The summed E-state index contributed by atoms with van der Waals surface area (Å²) in [6.45, 7) is 0. The number of nitrogens with zero attached hydrogens (tertiary/aromatic N) is 2. The van der Waals surface area contributed by atoms with Crippen molar-refractivity contribution in [3.05, 3.63) is 58.5 Å². The van der Waals surface area contributed by atoms with Crippen LogP contribution in [-0.2, 0) is 4.79 Å². The quantitative estimate of drug-likeness (QED) is 0.658. The molecule has 0 spiro atoms. The van der Waals surface area contributed by atoms with Crippen molar-refractivity contribution in [2.45, 2.75) is 0 Å². The highest BCUT2D eigenvalue weighted by Crippen LogP contribution is 2.38. The number of nitriles is 1. The molecule has 1 N–H and O–H groups in total. The molecule has 2 aromatic rings. The number of hydrogen-bond donors (Lipinski definition) is 1. The second kappa shape index (κ2) is 6.97. The fraction of sp³-hybridized carbons (Fsp3) is 0.0556. The maximum absolute atomic E-state index is 12.8. The number of aromatic hydroxyl groups is 1. The van der Waals surface area contributed by atoms with Crippen molar-refractivity contribution < 1.29 is 14.6 Å². The van der Waals surface area contributed by atoms with Gasteiger partial charge < -0.3 is 9.84 Å². The average molecular weight is 368 g/mol. The monoisotopic (exact) mass is 368 g/mol. The summed E-state index contributed by atoms with van der Waals surface area (Å²) in [7, 11) is 1.46. The van der Waals surface area contributed by atoms with Crippen molar-refractivity contribution in [1.29, 1.82) is 5.26 Å².